The first kappa shape index (κ1) is 7.03. The van der Waals surface area contributed by atoms with Crippen LogP contribution < -0.4 is 0 Å². The fourth-order valence-electron chi connectivity index (χ4n) is 0.919. The molecule has 0 N–H and O–H groups in total. The smallest absolute Gasteiger partial charge is 0.107 e. The van der Waals surface area contributed by atoms with E-state index in [9.17, 15) is 0 Å². The fraction of sp³-hybridized carbons (Fsp3) is 1.00. The first-order valence-corrected chi connectivity index (χ1v) is 3.61. The highest BCUT2D eigenvalue weighted by Crippen LogP contribution is 2.24. The van der Waals surface area contributed by atoms with Crippen molar-refractivity contribution in [2.75, 3.05) is 13.2 Å². The van der Waals surface area contributed by atoms with E-state index < -0.39 is 0 Å². The van der Waals surface area contributed by atoms with Gasteiger partial charge in [0.25, 0.3) is 0 Å². The van der Waals surface area contributed by atoms with Crippen LogP contribution in [0.2, 0.25) is 0 Å². The van der Waals surface area contributed by atoms with Gasteiger partial charge in [0.2, 0.25) is 0 Å². The lowest BCUT2D eigenvalue weighted by Crippen LogP contribution is -2.03. The quantitative estimate of drug-likeness (QED) is 0.533. The Morgan fingerprint density at radius 3 is 2.56 bits per heavy atom. The molecule has 0 aromatic rings. The van der Waals surface area contributed by atoms with E-state index in [1.54, 1.807) is 0 Å². The first-order valence-electron chi connectivity index (χ1n) is 3.61. The van der Waals surface area contributed by atoms with Gasteiger partial charge in [0, 0.05) is 6.61 Å². The number of rotatable bonds is 4. The van der Waals surface area contributed by atoms with Crippen molar-refractivity contribution in [2.24, 2.45) is 0 Å². The summed E-state index contributed by atoms with van der Waals surface area (Å²) in [5.41, 5.74) is 0. The van der Waals surface area contributed by atoms with E-state index in [0.717, 1.165) is 19.6 Å². The van der Waals surface area contributed by atoms with Gasteiger partial charge in [-0.15, -0.1) is 0 Å². The van der Waals surface area contributed by atoms with E-state index in [4.69, 9.17) is 9.47 Å². The van der Waals surface area contributed by atoms with E-state index in [1.165, 1.54) is 0 Å². The lowest BCUT2D eigenvalue weighted by Gasteiger charge is -1.93. The first-order chi connectivity index (χ1) is 4.38. The third-order valence-corrected chi connectivity index (χ3v) is 1.58. The van der Waals surface area contributed by atoms with Gasteiger partial charge in [-0.05, 0) is 13.3 Å². The second kappa shape index (κ2) is 3.18. The monoisotopic (exact) mass is 130 g/mol. The number of hydrogen-bond acceptors (Lipinski definition) is 2. The Hall–Kier alpha value is -0.0800. The molecule has 1 rings (SSSR count). The van der Waals surface area contributed by atoms with Crippen LogP contribution in [-0.2, 0) is 9.47 Å². The van der Waals surface area contributed by atoms with Crippen molar-refractivity contribution in [3.63, 3.8) is 0 Å². The minimum atomic E-state index is 0.412. The van der Waals surface area contributed by atoms with Crippen LogP contribution in [0.5, 0.6) is 0 Å². The van der Waals surface area contributed by atoms with Crippen molar-refractivity contribution in [1.82, 2.24) is 0 Å². The van der Waals surface area contributed by atoms with Crippen LogP contribution in [0.4, 0.5) is 0 Å². The summed E-state index contributed by atoms with van der Waals surface area (Å²) in [5, 5.41) is 0. The molecule has 1 fully saturated rings. The normalized spacial score (nSPS) is 32.7. The van der Waals surface area contributed by atoms with Crippen molar-refractivity contribution in [2.45, 2.75) is 32.5 Å². The lowest BCUT2D eigenvalue weighted by atomic mass is 10.3. The van der Waals surface area contributed by atoms with Crippen molar-refractivity contribution in [3.05, 3.63) is 0 Å². The van der Waals surface area contributed by atoms with Gasteiger partial charge in [-0.25, -0.2) is 0 Å². The zero-order valence-corrected chi connectivity index (χ0v) is 6.09. The summed E-state index contributed by atoms with van der Waals surface area (Å²) in [4.78, 5) is 0. The summed E-state index contributed by atoms with van der Waals surface area (Å²) in [7, 11) is 0. The second-order valence-corrected chi connectivity index (χ2v) is 2.28. The van der Waals surface area contributed by atoms with Crippen LogP contribution in [0.25, 0.3) is 0 Å². The molecule has 0 aliphatic carbocycles. The Labute approximate surface area is 56.2 Å². The third-order valence-electron chi connectivity index (χ3n) is 1.58. The fourth-order valence-corrected chi connectivity index (χ4v) is 0.919. The molecule has 0 amide bonds. The maximum absolute atomic E-state index is 5.24. The highest BCUT2D eigenvalue weighted by molar-refractivity contribution is 4.82. The van der Waals surface area contributed by atoms with E-state index >= 15 is 0 Å². The van der Waals surface area contributed by atoms with Crippen molar-refractivity contribution < 1.29 is 9.47 Å². The topological polar surface area (TPSA) is 21.8 Å². The number of ether oxygens (including phenoxy) is 2. The summed E-state index contributed by atoms with van der Waals surface area (Å²) >= 11 is 0. The van der Waals surface area contributed by atoms with Crippen LogP contribution >= 0.6 is 0 Å². The summed E-state index contributed by atoms with van der Waals surface area (Å²) in [5.74, 6) is 0. The molecule has 0 aromatic heterocycles. The van der Waals surface area contributed by atoms with E-state index in [-0.39, 0.29) is 0 Å². The minimum absolute atomic E-state index is 0.412. The minimum Gasteiger partial charge on any atom is -0.379 e. The van der Waals surface area contributed by atoms with Gasteiger partial charge in [-0.3, -0.25) is 0 Å². The van der Waals surface area contributed by atoms with Crippen molar-refractivity contribution in [3.8, 4) is 0 Å². The molecule has 0 aromatic carbocycles. The van der Waals surface area contributed by atoms with Gasteiger partial charge >= 0.3 is 0 Å². The summed E-state index contributed by atoms with van der Waals surface area (Å²) in [6.07, 6.45) is 2.03. The largest absolute Gasteiger partial charge is 0.379 e. The second-order valence-electron chi connectivity index (χ2n) is 2.28. The molecule has 0 saturated carbocycles. The Kier molecular flexibility index (Phi) is 2.49. The summed E-state index contributed by atoms with van der Waals surface area (Å²) in [6, 6.07) is 0. The molecule has 0 spiro atoms. The molecule has 2 atom stereocenters. The molecule has 9 heavy (non-hydrogen) atoms. The molecule has 54 valence electrons. The van der Waals surface area contributed by atoms with Gasteiger partial charge in [-0.2, -0.15) is 0 Å². The molecule has 0 radical (unpaired) electrons. The molecule has 1 saturated heterocycles. The average Bonchev–Trinajstić information content (AvgIpc) is 2.62. The van der Waals surface area contributed by atoms with Crippen LogP contribution in [0, 0.1) is 0 Å². The maximum Gasteiger partial charge on any atom is 0.107 e. The number of hydrogen-bond donors (Lipinski definition) is 0. The van der Waals surface area contributed by atoms with Gasteiger partial charge in [0.15, 0.2) is 0 Å². The summed E-state index contributed by atoms with van der Waals surface area (Å²) < 4.78 is 10.4. The zero-order chi connectivity index (χ0) is 6.69. The molecule has 2 heteroatoms. The lowest BCUT2D eigenvalue weighted by molar-refractivity contribution is 0.128. The highest BCUT2D eigenvalue weighted by Gasteiger charge is 2.36. The summed E-state index contributed by atoms with van der Waals surface area (Å²) in [6.45, 7) is 5.73. The molecular formula is C7H14O2. The van der Waals surface area contributed by atoms with E-state index in [0.29, 0.717) is 12.2 Å². The predicted octanol–water partition coefficient (Wildman–Crippen LogP) is 1.20. The molecule has 2 unspecified atom stereocenters. The van der Waals surface area contributed by atoms with Crippen LogP contribution in [0.15, 0.2) is 0 Å². The van der Waals surface area contributed by atoms with Gasteiger partial charge in [0.1, 0.15) is 6.10 Å². The van der Waals surface area contributed by atoms with Gasteiger partial charge in [-0.1, -0.05) is 6.92 Å². The molecule has 1 aliphatic rings. The Bertz CT molecular complexity index is 83.0. The Balaban J connectivity index is 1.92. The third kappa shape index (κ3) is 1.95. The van der Waals surface area contributed by atoms with Crippen molar-refractivity contribution in [1.29, 1.82) is 0 Å². The van der Waals surface area contributed by atoms with Crippen LogP contribution in [0.1, 0.15) is 20.3 Å². The van der Waals surface area contributed by atoms with Crippen LogP contribution in [-0.4, -0.2) is 25.4 Å². The SMILES string of the molecule is CCOCC1OC1CC. The average molecular weight is 130 g/mol. The zero-order valence-electron chi connectivity index (χ0n) is 6.09. The predicted molar refractivity (Wildman–Crippen MR) is 35.4 cm³/mol. The molecule has 2 nitrogen and oxygen atoms in total. The van der Waals surface area contributed by atoms with Gasteiger partial charge < -0.3 is 9.47 Å². The standard InChI is InChI=1S/C7H14O2/c1-3-6-7(9-6)5-8-4-2/h6-7H,3-5H2,1-2H3. The molecule has 1 aliphatic heterocycles. The van der Waals surface area contributed by atoms with E-state index in [1.807, 2.05) is 6.92 Å². The highest BCUT2D eigenvalue weighted by atomic mass is 16.6. The molecular weight excluding hydrogens is 116 g/mol. The van der Waals surface area contributed by atoms with E-state index in [2.05, 4.69) is 6.92 Å². The Morgan fingerprint density at radius 1 is 1.33 bits per heavy atom. The van der Waals surface area contributed by atoms with Crippen molar-refractivity contribution >= 4 is 0 Å². The van der Waals surface area contributed by atoms with Gasteiger partial charge in [0.05, 0.1) is 12.7 Å². The van der Waals surface area contributed by atoms with Crippen LogP contribution in [0.3, 0.4) is 0 Å². The number of epoxide rings is 1. The molecule has 0 bridgehead atoms. The molecule has 1 heterocycles. The Morgan fingerprint density at radius 2 is 2.11 bits per heavy atom. The maximum atomic E-state index is 5.24.